The lowest BCUT2D eigenvalue weighted by Gasteiger charge is -2.38. The molecular formula is C25H29ClF3N3O2. The Balaban J connectivity index is 1.68. The largest absolute Gasteiger partial charge is 0.493 e. The molecule has 3 aromatic rings. The van der Waals surface area contributed by atoms with Crippen molar-refractivity contribution in [2.75, 3.05) is 25.1 Å². The number of rotatable bonds is 7. The molecule has 0 saturated carbocycles. The zero-order chi connectivity index (χ0) is 24.9. The van der Waals surface area contributed by atoms with Gasteiger partial charge in [0.1, 0.15) is 11.6 Å². The van der Waals surface area contributed by atoms with Gasteiger partial charge in [-0.1, -0.05) is 25.4 Å². The molecule has 1 aromatic carbocycles. The summed E-state index contributed by atoms with van der Waals surface area (Å²) in [4.78, 5) is 9.29. The minimum Gasteiger partial charge on any atom is -0.493 e. The van der Waals surface area contributed by atoms with Crippen molar-refractivity contribution in [1.29, 1.82) is 0 Å². The molecule has 0 spiro atoms. The molecule has 9 heteroatoms. The highest BCUT2D eigenvalue weighted by Crippen LogP contribution is 2.47. The molecule has 0 aliphatic carbocycles. The molecule has 0 saturated heterocycles. The van der Waals surface area contributed by atoms with Crippen LogP contribution in [0.25, 0.3) is 10.9 Å². The van der Waals surface area contributed by atoms with Crippen LogP contribution < -0.4 is 9.64 Å². The van der Waals surface area contributed by atoms with Crippen molar-refractivity contribution in [3.8, 4) is 5.75 Å². The number of hydrogen-bond acceptors (Lipinski definition) is 4. The van der Waals surface area contributed by atoms with Crippen LogP contribution in [0.15, 0.2) is 30.5 Å². The number of pyridine rings is 1. The first-order valence-electron chi connectivity index (χ1n) is 11.3. The van der Waals surface area contributed by atoms with Gasteiger partial charge < -0.3 is 19.7 Å². The number of benzene rings is 1. The Bertz CT molecular complexity index is 1210. The molecule has 184 valence electrons. The zero-order valence-corrected chi connectivity index (χ0v) is 20.4. The van der Waals surface area contributed by atoms with E-state index < -0.39 is 30.0 Å². The molecule has 3 heterocycles. The van der Waals surface area contributed by atoms with Gasteiger partial charge in [-0.05, 0) is 48.6 Å². The van der Waals surface area contributed by atoms with E-state index in [1.54, 1.807) is 38.2 Å². The molecule has 4 rings (SSSR count). The van der Waals surface area contributed by atoms with E-state index in [0.717, 1.165) is 23.3 Å². The SMILES string of the molecule is CCN(C)c1cc2cc(CC(O)(CC(C)(C)c3cc(Cl)cc4c3OCC4)C(F)(F)F)[nH]c2cn1. The molecule has 0 amide bonds. The van der Waals surface area contributed by atoms with E-state index in [-0.39, 0.29) is 5.69 Å². The van der Waals surface area contributed by atoms with Crippen LogP contribution in [-0.2, 0) is 18.3 Å². The number of aromatic amines is 1. The highest BCUT2D eigenvalue weighted by molar-refractivity contribution is 6.30. The molecule has 5 nitrogen and oxygen atoms in total. The number of hydrogen-bond donors (Lipinski definition) is 2. The lowest BCUT2D eigenvalue weighted by Crippen LogP contribution is -2.51. The Hall–Kier alpha value is -2.45. The molecule has 2 aromatic heterocycles. The topological polar surface area (TPSA) is 61.4 Å². The quantitative estimate of drug-likeness (QED) is 0.434. The normalized spacial score (nSPS) is 15.8. The second kappa shape index (κ2) is 8.64. The number of aliphatic hydroxyl groups is 1. The maximum Gasteiger partial charge on any atom is 0.417 e. The van der Waals surface area contributed by atoms with Gasteiger partial charge in [-0.15, -0.1) is 0 Å². The van der Waals surface area contributed by atoms with E-state index in [1.807, 2.05) is 24.9 Å². The van der Waals surface area contributed by atoms with Crippen molar-refractivity contribution in [3.05, 3.63) is 52.3 Å². The summed E-state index contributed by atoms with van der Waals surface area (Å²) in [5.41, 5.74) is -1.68. The van der Waals surface area contributed by atoms with E-state index in [2.05, 4.69) is 9.97 Å². The van der Waals surface area contributed by atoms with Crippen LogP contribution in [0.2, 0.25) is 5.02 Å². The molecule has 1 aliphatic heterocycles. The first-order valence-corrected chi connectivity index (χ1v) is 11.6. The summed E-state index contributed by atoms with van der Waals surface area (Å²) in [6.45, 7) is 6.55. The van der Waals surface area contributed by atoms with E-state index in [4.69, 9.17) is 16.3 Å². The molecule has 34 heavy (non-hydrogen) atoms. The molecule has 0 fully saturated rings. The summed E-state index contributed by atoms with van der Waals surface area (Å²) in [5.74, 6) is 1.30. The second-order valence-electron chi connectivity index (χ2n) is 9.75. The average Bonchev–Trinajstić information content (AvgIpc) is 3.36. The molecule has 1 atom stereocenters. The lowest BCUT2D eigenvalue weighted by molar-refractivity contribution is -0.266. The first-order chi connectivity index (χ1) is 15.8. The second-order valence-corrected chi connectivity index (χ2v) is 10.2. The number of alkyl halides is 3. The smallest absolute Gasteiger partial charge is 0.417 e. The summed E-state index contributed by atoms with van der Waals surface area (Å²) in [7, 11) is 1.89. The predicted molar refractivity (Wildman–Crippen MR) is 128 cm³/mol. The van der Waals surface area contributed by atoms with Gasteiger partial charge in [-0.2, -0.15) is 13.2 Å². The molecule has 0 radical (unpaired) electrons. The Kier molecular flexibility index (Phi) is 6.27. The van der Waals surface area contributed by atoms with Gasteiger partial charge in [-0.25, -0.2) is 4.98 Å². The first kappa shape index (κ1) is 24.7. The standard InChI is InChI=1S/C25H29ClF3N3O2/c1-5-32(4)21-10-16-9-18(31-20(16)13-30-21)12-24(33,25(27,28)29)14-23(2,3)19-11-17(26)8-15-6-7-34-22(15)19/h8-11,13,31,33H,5-7,12,14H2,1-4H3. The van der Waals surface area contributed by atoms with Crippen molar-refractivity contribution in [1.82, 2.24) is 9.97 Å². The van der Waals surface area contributed by atoms with Crippen LogP contribution in [0.5, 0.6) is 5.75 Å². The number of H-pyrrole nitrogens is 1. The third-order valence-electron chi connectivity index (χ3n) is 6.63. The Morgan fingerprint density at radius 3 is 2.62 bits per heavy atom. The maximum absolute atomic E-state index is 14.3. The molecular weight excluding hydrogens is 467 g/mol. The van der Waals surface area contributed by atoms with Crippen LogP contribution in [0.4, 0.5) is 19.0 Å². The monoisotopic (exact) mass is 495 g/mol. The fraction of sp³-hybridized carbons (Fsp3) is 0.480. The lowest BCUT2D eigenvalue weighted by atomic mass is 9.73. The number of nitrogens with zero attached hydrogens (tertiary/aromatic N) is 2. The minimum absolute atomic E-state index is 0.288. The van der Waals surface area contributed by atoms with Gasteiger partial charge >= 0.3 is 6.18 Å². The summed E-state index contributed by atoms with van der Waals surface area (Å²) in [5, 5.41) is 12.3. The zero-order valence-electron chi connectivity index (χ0n) is 19.7. The maximum atomic E-state index is 14.3. The van der Waals surface area contributed by atoms with Gasteiger partial charge in [0.15, 0.2) is 5.60 Å². The van der Waals surface area contributed by atoms with E-state index in [1.165, 1.54) is 0 Å². The third kappa shape index (κ3) is 4.58. The van der Waals surface area contributed by atoms with Crippen molar-refractivity contribution in [3.63, 3.8) is 0 Å². The Morgan fingerprint density at radius 2 is 1.94 bits per heavy atom. The number of ether oxygens (including phenoxy) is 1. The molecule has 1 aliphatic rings. The van der Waals surface area contributed by atoms with Crippen LogP contribution in [0.1, 0.15) is 44.0 Å². The fourth-order valence-electron chi connectivity index (χ4n) is 4.72. The number of halogens is 4. The summed E-state index contributed by atoms with van der Waals surface area (Å²) in [6.07, 6.45) is -3.77. The van der Waals surface area contributed by atoms with Gasteiger partial charge in [0, 0.05) is 48.1 Å². The van der Waals surface area contributed by atoms with Crippen molar-refractivity contribution < 1.29 is 23.0 Å². The summed E-state index contributed by atoms with van der Waals surface area (Å²) in [6, 6.07) is 6.89. The highest BCUT2D eigenvalue weighted by Gasteiger charge is 2.56. The van der Waals surface area contributed by atoms with Gasteiger partial charge in [0.2, 0.25) is 0 Å². The van der Waals surface area contributed by atoms with Crippen LogP contribution in [0.3, 0.4) is 0 Å². The molecule has 2 N–H and O–H groups in total. The molecule has 1 unspecified atom stereocenters. The number of fused-ring (bicyclic) bond motifs is 2. The van der Waals surface area contributed by atoms with Gasteiger partial charge in [0.05, 0.1) is 18.3 Å². The third-order valence-corrected chi connectivity index (χ3v) is 6.85. The van der Waals surface area contributed by atoms with Crippen molar-refractivity contribution >= 4 is 28.3 Å². The minimum atomic E-state index is -4.85. The highest BCUT2D eigenvalue weighted by atomic mass is 35.5. The summed E-state index contributed by atoms with van der Waals surface area (Å²) >= 11 is 6.26. The van der Waals surface area contributed by atoms with Crippen LogP contribution in [0, 0.1) is 0 Å². The molecule has 0 bridgehead atoms. The van der Waals surface area contributed by atoms with Gasteiger partial charge in [0.25, 0.3) is 0 Å². The van der Waals surface area contributed by atoms with Gasteiger partial charge in [-0.3, -0.25) is 0 Å². The number of nitrogens with one attached hydrogen (secondary N) is 1. The van der Waals surface area contributed by atoms with E-state index in [9.17, 15) is 18.3 Å². The Morgan fingerprint density at radius 1 is 1.21 bits per heavy atom. The Labute approximate surface area is 201 Å². The van der Waals surface area contributed by atoms with E-state index in [0.29, 0.717) is 34.9 Å². The number of anilines is 1. The fourth-order valence-corrected chi connectivity index (χ4v) is 4.96. The van der Waals surface area contributed by atoms with Crippen LogP contribution >= 0.6 is 11.6 Å². The van der Waals surface area contributed by atoms with Crippen molar-refractivity contribution in [2.24, 2.45) is 0 Å². The summed E-state index contributed by atoms with van der Waals surface area (Å²) < 4.78 is 48.7. The predicted octanol–water partition coefficient (Wildman–Crippen LogP) is 5.81. The van der Waals surface area contributed by atoms with Crippen LogP contribution in [-0.4, -0.2) is 47.1 Å². The number of aromatic nitrogens is 2. The van der Waals surface area contributed by atoms with Crippen molar-refractivity contribution in [2.45, 2.75) is 57.2 Å². The average molecular weight is 496 g/mol. The van der Waals surface area contributed by atoms with E-state index >= 15 is 0 Å².